The molecule has 30 heavy (non-hydrogen) atoms. The van der Waals surface area contributed by atoms with Crippen LogP contribution in [0.25, 0.3) is 11.1 Å². The molecule has 1 aliphatic rings. The van der Waals surface area contributed by atoms with Crippen molar-refractivity contribution >= 4 is 28.7 Å². The minimum absolute atomic E-state index is 0.527. The molecule has 0 amide bonds. The molecule has 0 N–H and O–H groups in total. The topological polar surface area (TPSA) is 44.9 Å². The zero-order chi connectivity index (χ0) is 20.2. The van der Waals surface area contributed by atoms with Crippen molar-refractivity contribution in [2.75, 3.05) is 31.1 Å². The van der Waals surface area contributed by atoms with Gasteiger partial charge in [-0.3, -0.25) is 9.89 Å². The third-order valence-electron chi connectivity index (χ3n) is 5.46. The van der Waals surface area contributed by atoms with Crippen LogP contribution in [0, 0.1) is 0 Å². The fourth-order valence-electron chi connectivity index (χ4n) is 3.83. The van der Waals surface area contributed by atoms with Gasteiger partial charge in [0.05, 0.1) is 11.9 Å². The second kappa shape index (κ2) is 8.51. The predicted molar refractivity (Wildman–Crippen MR) is 122 cm³/mol. The molecule has 0 aliphatic carbocycles. The summed E-state index contributed by atoms with van der Waals surface area (Å²) in [6.07, 6.45) is 1.68. The molecule has 5 rings (SSSR count). The van der Waals surface area contributed by atoms with Gasteiger partial charge in [0.1, 0.15) is 5.52 Å². The first-order chi connectivity index (χ1) is 14.8. The standard InChI is InChI=1S/C25H24N4O/c1-3-7-20(8-4-1)19-28-13-15-29(16-14-28)22-11-12-23-24(17-22)30-25(27-23)18-26-21-9-5-2-6-10-21/h1-12,17-18H,13-16,19H2. The lowest BCUT2D eigenvalue weighted by Gasteiger charge is -2.36. The second-order valence-electron chi connectivity index (χ2n) is 7.55. The molecule has 5 heteroatoms. The highest BCUT2D eigenvalue weighted by Crippen LogP contribution is 2.24. The van der Waals surface area contributed by atoms with Gasteiger partial charge in [0.15, 0.2) is 5.58 Å². The van der Waals surface area contributed by atoms with E-state index in [2.05, 4.69) is 62.2 Å². The van der Waals surface area contributed by atoms with Crippen molar-refractivity contribution in [1.82, 2.24) is 9.88 Å². The summed E-state index contributed by atoms with van der Waals surface area (Å²) in [6, 6.07) is 26.7. The zero-order valence-corrected chi connectivity index (χ0v) is 16.8. The molecule has 0 unspecified atom stereocenters. The second-order valence-corrected chi connectivity index (χ2v) is 7.55. The number of rotatable bonds is 5. The number of nitrogens with zero attached hydrogens (tertiary/aromatic N) is 4. The molecule has 4 aromatic rings. The van der Waals surface area contributed by atoms with E-state index < -0.39 is 0 Å². The van der Waals surface area contributed by atoms with Gasteiger partial charge in [-0.1, -0.05) is 48.5 Å². The Labute approximate surface area is 176 Å². The molecule has 1 saturated heterocycles. The quantitative estimate of drug-likeness (QED) is 0.450. The molecule has 0 bridgehead atoms. The molecule has 1 aromatic heterocycles. The number of aromatic nitrogens is 1. The van der Waals surface area contributed by atoms with E-state index in [0.717, 1.165) is 49.5 Å². The Kier molecular flexibility index (Phi) is 5.27. The van der Waals surface area contributed by atoms with E-state index >= 15 is 0 Å². The highest BCUT2D eigenvalue weighted by Gasteiger charge is 2.18. The number of piperazine rings is 1. The number of para-hydroxylation sites is 1. The Morgan fingerprint density at radius 2 is 1.60 bits per heavy atom. The van der Waals surface area contributed by atoms with Gasteiger partial charge in [-0.05, 0) is 29.8 Å². The van der Waals surface area contributed by atoms with Crippen molar-refractivity contribution in [3.05, 3.63) is 90.3 Å². The smallest absolute Gasteiger partial charge is 0.238 e. The summed E-state index contributed by atoms with van der Waals surface area (Å²) in [7, 11) is 0. The van der Waals surface area contributed by atoms with Crippen LogP contribution in [0.15, 0.2) is 88.3 Å². The highest BCUT2D eigenvalue weighted by molar-refractivity contribution is 5.84. The summed E-state index contributed by atoms with van der Waals surface area (Å²) in [5.41, 5.74) is 5.10. The van der Waals surface area contributed by atoms with Crippen LogP contribution in [-0.4, -0.2) is 42.3 Å². The van der Waals surface area contributed by atoms with Crippen molar-refractivity contribution in [2.24, 2.45) is 4.99 Å². The number of benzene rings is 3. The predicted octanol–water partition coefficient (Wildman–Crippen LogP) is 4.90. The third kappa shape index (κ3) is 4.26. The fourth-order valence-corrected chi connectivity index (χ4v) is 3.83. The number of aliphatic imine (C=N–C) groups is 1. The number of oxazole rings is 1. The first-order valence-corrected chi connectivity index (χ1v) is 10.3. The van der Waals surface area contributed by atoms with Crippen LogP contribution in [-0.2, 0) is 6.54 Å². The SMILES string of the molecule is C(=Nc1ccccc1)c1nc2ccc(N3CCN(Cc4ccccc4)CC3)cc2o1. The minimum Gasteiger partial charge on any atom is -0.435 e. The number of anilines is 1. The van der Waals surface area contributed by atoms with Crippen molar-refractivity contribution < 1.29 is 4.42 Å². The van der Waals surface area contributed by atoms with Crippen LogP contribution < -0.4 is 4.90 Å². The van der Waals surface area contributed by atoms with Crippen LogP contribution in [0.2, 0.25) is 0 Å². The molecule has 3 aromatic carbocycles. The van der Waals surface area contributed by atoms with Crippen molar-refractivity contribution in [3.63, 3.8) is 0 Å². The lowest BCUT2D eigenvalue weighted by Crippen LogP contribution is -2.45. The van der Waals surface area contributed by atoms with Crippen LogP contribution >= 0.6 is 0 Å². The third-order valence-corrected chi connectivity index (χ3v) is 5.46. The largest absolute Gasteiger partial charge is 0.435 e. The van der Waals surface area contributed by atoms with Gasteiger partial charge in [-0.2, -0.15) is 0 Å². The van der Waals surface area contributed by atoms with Crippen molar-refractivity contribution in [1.29, 1.82) is 0 Å². The molecule has 0 radical (unpaired) electrons. The maximum Gasteiger partial charge on any atom is 0.238 e. The molecule has 0 atom stereocenters. The van der Waals surface area contributed by atoms with Crippen LogP contribution in [0.3, 0.4) is 0 Å². The number of hydrogen-bond donors (Lipinski definition) is 0. The van der Waals surface area contributed by atoms with E-state index in [9.17, 15) is 0 Å². The lowest BCUT2D eigenvalue weighted by atomic mass is 10.2. The van der Waals surface area contributed by atoms with Crippen molar-refractivity contribution in [3.8, 4) is 0 Å². The van der Waals surface area contributed by atoms with E-state index in [4.69, 9.17) is 4.42 Å². The van der Waals surface area contributed by atoms with Crippen LogP contribution in [0.4, 0.5) is 11.4 Å². The maximum atomic E-state index is 5.92. The molecular weight excluding hydrogens is 372 g/mol. The van der Waals surface area contributed by atoms with Gasteiger partial charge in [-0.25, -0.2) is 4.98 Å². The number of hydrogen-bond acceptors (Lipinski definition) is 5. The Hall–Kier alpha value is -3.44. The van der Waals surface area contributed by atoms with Crippen LogP contribution in [0.5, 0.6) is 0 Å². The molecule has 5 nitrogen and oxygen atoms in total. The van der Waals surface area contributed by atoms with Gasteiger partial charge in [-0.15, -0.1) is 0 Å². The minimum atomic E-state index is 0.527. The van der Waals surface area contributed by atoms with Gasteiger partial charge in [0.25, 0.3) is 0 Å². The van der Waals surface area contributed by atoms with Crippen LogP contribution in [0.1, 0.15) is 11.5 Å². The Morgan fingerprint density at radius 3 is 2.37 bits per heavy atom. The monoisotopic (exact) mass is 396 g/mol. The Morgan fingerprint density at radius 1 is 0.867 bits per heavy atom. The van der Waals surface area contributed by atoms with E-state index in [1.807, 2.05) is 36.4 Å². The molecule has 0 spiro atoms. The first-order valence-electron chi connectivity index (χ1n) is 10.3. The van der Waals surface area contributed by atoms with Gasteiger partial charge in [0, 0.05) is 44.5 Å². The fraction of sp³-hybridized carbons (Fsp3) is 0.200. The summed E-state index contributed by atoms with van der Waals surface area (Å²) in [4.78, 5) is 13.9. The summed E-state index contributed by atoms with van der Waals surface area (Å²) in [6.45, 7) is 5.14. The van der Waals surface area contributed by atoms with E-state index in [1.165, 1.54) is 11.3 Å². The summed E-state index contributed by atoms with van der Waals surface area (Å²) in [5, 5.41) is 0. The van der Waals surface area contributed by atoms with E-state index in [1.54, 1.807) is 6.21 Å². The first kappa shape index (κ1) is 18.6. The molecule has 150 valence electrons. The molecule has 1 fully saturated rings. The molecule has 0 saturated carbocycles. The van der Waals surface area contributed by atoms with Gasteiger partial charge >= 0.3 is 0 Å². The molecule has 1 aliphatic heterocycles. The maximum absolute atomic E-state index is 5.92. The van der Waals surface area contributed by atoms with E-state index in [0.29, 0.717) is 5.89 Å². The van der Waals surface area contributed by atoms with E-state index in [-0.39, 0.29) is 0 Å². The lowest BCUT2D eigenvalue weighted by molar-refractivity contribution is 0.250. The summed E-state index contributed by atoms with van der Waals surface area (Å²) in [5.74, 6) is 0.527. The van der Waals surface area contributed by atoms with Gasteiger partial charge < -0.3 is 9.32 Å². The van der Waals surface area contributed by atoms with Gasteiger partial charge in [0.2, 0.25) is 5.89 Å². The van der Waals surface area contributed by atoms with Crippen molar-refractivity contribution in [2.45, 2.75) is 6.54 Å². The average molecular weight is 396 g/mol. The number of fused-ring (bicyclic) bond motifs is 1. The summed E-state index contributed by atoms with van der Waals surface area (Å²) < 4.78 is 5.92. The zero-order valence-electron chi connectivity index (χ0n) is 16.8. The highest BCUT2D eigenvalue weighted by atomic mass is 16.3. The Balaban J connectivity index is 1.25. The Bertz CT molecular complexity index is 1130. The summed E-state index contributed by atoms with van der Waals surface area (Å²) >= 11 is 0. The molecular formula is C25H24N4O. The normalized spacial score (nSPS) is 15.3. The average Bonchev–Trinajstić information content (AvgIpc) is 3.22. The molecule has 2 heterocycles.